The first kappa shape index (κ1) is 22.1. The van der Waals surface area contributed by atoms with Gasteiger partial charge in [-0.25, -0.2) is 4.79 Å². The first-order valence-corrected chi connectivity index (χ1v) is 11.2. The van der Waals surface area contributed by atoms with Crippen LogP contribution in [0.4, 0.5) is 5.69 Å². The third-order valence-electron chi connectivity index (χ3n) is 8.17. The molecular formula is C24H27Cl2NO4. The van der Waals surface area contributed by atoms with Crippen molar-refractivity contribution >= 4 is 34.9 Å². The second-order valence-electron chi connectivity index (χ2n) is 9.64. The average molecular weight is 464 g/mol. The van der Waals surface area contributed by atoms with Gasteiger partial charge in [-0.05, 0) is 66.2 Å². The molecule has 2 aromatic rings. The number of anilines is 1. The summed E-state index contributed by atoms with van der Waals surface area (Å²) in [6, 6.07) is 6.21. The first-order chi connectivity index (χ1) is 14.5. The number of halogens is 2. The second-order valence-corrected chi connectivity index (χ2v) is 10.5. The van der Waals surface area contributed by atoms with E-state index in [2.05, 4.69) is 26.1 Å². The lowest BCUT2D eigenvalue weighted by Gasteiger charge is -2.40. The highest BCUT2D eigenvalue weighted by Gasteiger charge is 2.62. The lowest BCUT2D eigenvalue weighted by atomic mass is 9.64. The first-order valence-electron chi connectivity index (χ1n) is 10.5. The Hall–Kier alpha value is -2.11. The monoisotopic (exact) mass is 463 g/mol. The molecule has 166 valence electrons. The Morgan fingerprint density at radius 1 is 1.16 bits per heavy atom. The highest BCUT2D eigenvalue weighted by molar-refractivity contribution is 6.35. The van der Waals surface area contributed by atoms with Crippen LogP contribution in [-0.4, -0.2) is 21.3 Å². The minimum atomic E-state index is -1.16. The molecule has 0 spiro atoms. The van der Waals surface area contributed by atoms with E-state index in [0.717, 1.165) is 19.3 Å². The second kappa shape index (κ2) is 7.49. The van der Waals surface area contributed by atoms with Gasteiger partial charge in [0.25, 0.3) is 0 Å². The fourth-order valence-electron chi connectivity index (χ4n) is 5.87. The molecule has 5 nitrogen and oxygen atoms in total. The van der Waals surface area contributed by atoms with Gasteiger partial charge in [-0.15, -0.1) is 0 Å². The van der Waals surface area contributed by atoms with Crippen molar-refractivity contribution in [2.45, 2.75) is 52.5 Å². The van der Waals surface area contributed by atoms with E-state index < -0.39 is 5.97 Å². The Balaban J connectivity index is 1.76. The molecule has 7 heteroatoms. The maximum Gasteiger partial charge on any atom is 0.339 e. The Labute approximate surface area is 192 Å². The van der Waals surface area contributed by atoms with Crippen LogP contribution in [0.5, 0.6) is 11.5 Å². The largest absolute Gasteiger partial charge is 0.507 e. The number of aromatic hydroxyl groups is 2. The van der Waals surface area contributed by atoms with Crippen LogP contribution in [0.25, 0.3) is 0 Å². The highest BCUT2D eigenvalue weighted by Crippen LogP contribution is 2.72. The molecule has 0 aromatic heterocycles. The Bertz CT molecular complexity index is 1070. The molecule has 4 rings (SSSR count). The van der Waals surface area contributed by atoms with Gasteiger partial charge in [0.15, 0.2) is 0 Å². The van der Waals surface area contributed by atoms with Crippen LogP contribution < -0.4 is 5.32 Å². The van der Waals surface area contributed by atoms with Gasteiger partial charge < -0.3 is 20.6 Å². The van der Waals surface area contributed by atoms with Crippen molar-refractivity contribution in [3.8, 4) is 11.5 Å². The predicted octanol–water partition coefficient (Wildman–Crippen LogP) is 6.64. The van der Waals surface area contributed by atoms with Crippen LogP contribution in [0.3, 0.4) is 0 Å². The molecule has 2 fully saturated rings. The van der Waals surface area contributed by atoms with E-state index in [9.17, 15) is 20.1 Å². The summed E-state index contributed by atoms with van der Waals surface area (Å²) in [5, 5.41) is 34.8. The molecule has 0 heterocycles. The summed E-state index contributed by atoms with van der Waals surface area (Å²) in [5.41, 5.74) is 1.77. The van der Waals surface area contributed by atoms with Gasteiger partial charge in [-0.1, -0.05) is 44.0 Å². The van der Waals surface area contributed by atoms with Gasteiger partial charge >= 0.3 is 5.97 Å². The quantitative estimate of drug-likeness (QED) is 0.398. The smallest absolute Gasteiger partial charge is 0.339 e. The zero-order chi connectivity index (χ0) is 22.7. The Morgan fingerprint density at radius 3 is 2.45 bits per heavy atom. The zero-order valence-electron chi connectivity index (χ0n) is 17.8. The number of carboxylic acids is 1. The molecule has 2 saturated carbocycles. The van der Waals surface area contributed by atoms with Crippen molar-refractivity contribution in [2.24, 2.45) is 16.7 Å². The number of hydrogen-bond acceptors (Lipinski definition) is 4. The molecule has 4 N–H and O–H groups in total. The van der Waals surface area contributed by atoms with Crippen LogP contribution in [0.15, 0.2) is 24.3 Å². The topological polar surface area (TPSA) is 89.8 Å². The molecule has 31 heavy (non-hydrogen) atoms. The highest BCUT2D eigenvalue weighted by atomic mass is 35.5. The minimum absolute atomic E-state index is 0.0274. The summed E-state index contributed by atoms with van der Waals surface area (Å²) in [4.78, 5) is 11.7. The predicted molar refractivity (Wildman–Crippen MR) is 122 cm³/mol. The number of fused-ring (bicyclic) bond motifs is 2. The minimum Gasteiger partial charge on any atom is -0.507 e. The standard InChI is InChI=1S/C24H27Cl2NO4/c1-23(2)13-6-7-24(23,3)16(9-13)19-18(5-4-15(21(19)29)22(30)31)27-11-12-8-14(25)10-17(26)20(12)28/h4-5,8,10,13,16,27-29H,6-7,9,11H2,1-3H3,(H,30,31). The summed E-state index contributed by atoms with van der Waals surface area (Å²) in [5.74, 6) is -0.837. The van der Waals surface area contributed by atoms with Gasteiger partial charge in [0.05, 0.1) is 5.02 Å². The molecule has 2 aliphatic carbocycles. The molecule has 3 atom stereocenters. The van der Waals surface area contributed by atoms with Crippen molar-refractivity contribution in [1.29, 1.82) is 0 Å². The molecule has 2 aromatic carbocycles. The Kier molecular flexibility index (Phi) is 5.34. The van der Waals surface area contributed by atoms with Gasteiger partial charge in [0.2, 0.25) is 0 Å². The fourth-order valence-corrected chi connectivity index (χ4v) is 6.41. The number of hydrogen-bond donors (Lipinski definition) is 4. The van der Waals surface area contributed by atoms with Crippen LogP contribution >= 0.6 is 23.2 Å². The SMILES string of the molecule is CC1(C)C2CCC1(C)C(c1c(NCc3cc(Cl)cc(Cl)c3O)ccc(C(=O)O)c1O)C2. The average Bonchev–Trinajstić information content (AvgIpc) is 3.02. The Morgan fingerprint density at radius 2 is 1.87 bits per heavy atom. The molecule has 2 aliphatic rings. The van der Waals surface area contributed by atoms with Crippen molar-refractivity contribution < 1.29 is 20.1 Å². The molecule has 0 saturated heterocycles. The number of rotatable bonds is 5. The number of nitrogens with one attached hydrogen (secondary N) is 1. The van der Waals surface area contributed by atoms with Crippen molar-refractivity contribution in [3.63, 3.8) is 0 Å². The molecule has 0 radical (unpaired) electrons. The van der Waals surface area contributed by atoms with E-state index in [0.29, 0.717) is 27.8 Å². The van der Waals surface area contributed by atoms with E-state index in [1.54, 1.807) is 12.1 Å². The van der Waals surface area contributed by atoms with E-state index >= 15 is 0 Å². The number of carboxylic acid groups (broad SMARTS) is 1. The molecule has 3 unspecified atom stereocenters. The number of aromatic carboxylic acids is 1. The van der Waals surface area contributed by atoms with E-state index in [1.807, 2.05) is 0 Å². The molecule has 0 amide bonds. The van der Waals surface area contributed by atoms with E-state index in [-0.39, 0.29) is 45.4 Å². The fraction of sp³-hybridized carbons (Fsp3) is 0.458. The van der Waals surface area contributed by atoms with Gasteiger partial charge in [0, 0.05) is 28.4 Å². The molecular weight excluding hydrogens is 437 g/mol. The maximum atomic E-state index is 11.7. The van der Waals surface area contributed by atoms with Crippen LogP contribution in [0.1, 0.15) is 67.4 Å². The van der Waals surface area contributed by atoms with Gasteiger partial charge in [-0.2, -0.15) is 0 Å². The molecule has 2 bridgehead atoms. The summed E-state index contributed by atoms with van der Waals surface area (Å²) in [6.45, 7) is 7.04. The van der Waals surface area contributed by atoms with Gasteiger partial charge in [0.1, 0.15) is 17.1 Å². The van der Waals surface area contributed by atoms with Crippen LogP contribution in [0.2, 0.25) is 10.0 Å². The van der Waals surface area contributed by atoms with Crippen molar-refractivity contribution in [1.82, 2.24) is 0 Å². The normalized spacial score (nSPS) is 26.2. The summed E-state index contributed by atoms with van der Waals surface area (Å²) in [7, 11) is 0. The maximum absolute atomic E-state index is 11.7. The van der Waals surface area contributed by atoms with Crippen molar-refractivity contribution in [3.05, 3.63) is 51.0 Å². The van der Waals surface area contributed by atoms with Crippen LogP contribution in [0, 0.1) is 16.7 Å². The summed E-state index contributed by atoms with van der Waals surface area (Å²) >= 11 is 12.1. The third kappa shape index (κ3) is 3.33. The van der Waals surface area contributed by atoms with Crippen LogP contribution in [-0.2, 0) is 6.54 Å². The van der Waals surface area contributed by atoms with Gasteiger partial charge in [-0.3, -0.25) is 0 Å². The van der Waals surface area contributed by atoms with E-state index in [4.69, 9.17) is 23.2 Å². The summed E-state index contributed by atoms with van der Waals surface area (Å²) in [6.07, 6.45) is 3.09. The number of phenols is 2. The number of phenolic OH excluding ortho intramolecular Hbond substituents is 1. The van der Waals surface area contributed by atoms with E-state index in [1.165, 1.54) is 12.1 Å². The third-order valence-corrected chi connectivity index (χ3v) is 8.67. The lowest BCUT2D eigenvalue weighted by Crippen LogP contribution is -2.31. The van der Waals surface area contributed by atoms with Crippen molar-refractivity contribution in [2.75, 3.05) is 5.32 Å². The molecule has 0 aliphatic heterocycles. The number of benzene rings is 2. The number of carbonyl (C=O) groups is 1. The summed E-state index contributed by atoms with van der Waals surface area (Å²) < 4.78 is 0. The zero-order valence-corrected chi connectivity index (χ0v) is 19.3. The lowest BCUT2D eigenvalue weighted by molar-refractivity contribution is 0.0693.